The zero-order valence-corrected chi connectivity index (χ0v) is 19.6. The summed E-state index contributed by atoms with van der Waals surface area (Å²) in [5.41, 5.74) is 5.03. The van der Waals surface area contributed by atoms with Crippen LogP contribution in [0.5, 0.6) is 11.5 Å². The maximum absolute atomic E-state index is 13.0. The van der Waals surface area contributed by atoms with Gasteiger partial charge in [-0.25, -0.2) is 9.78 Å². The normalized spacial score (nSPS) is 17.4. The number of hydrazine groups is 1. The van der Waals surface area contributed by atoms with E-state index in [9.17, 15) is 14.4 Å². The molecule has 1 saturated heterocycles. The van der Waals surface area contributed by atoms with E-state index in [1.165, 1.54) is 30.6 Å². The number of rotatable bonds is 9. The summed E-state index contributed by atoms with van der Waals surface area (Å²) in [4.78, 5) is 42.4. The highest BCUT2D eigenvalue weighted by Gasteiger charge is 2.48. The molecule has 0 spiro atoms. The number of imide groups is 1. The Morgan fingerprint density at radius 1 is 1.18 bits per heavy atom. The Kier molecular flexibility index (Phi) is 6.78. The summed E-state index contributed by atoms with van der Waals surface area (Å²) < 4.78 is 11.1. The van der Waals surface area contributed by atoms with E-state index in [-0.39, 0.29) is 12.2 Å². The third-order valence-corrected chi connectivity index (χ3v) is 6.15. The van der Waals surface area contributed by atoms with Crippen LogP contribution in [0.4, 0.5) is 4.79 Å². The Morgan fingerprint density at radius 2 is 1.97 bits per heavy atom. The lowest BCUT2D eigenvalue weighted by Gasteiger charge is -2.21. The molecule has 0 radical (unpaired) electrons. The van der Waals surface area contributed by atoms with E-state index in [4.69, 9.17) is 9.47 Å². The standard InChI is InChI=1S/C24H24N4O5S/c1-24(11-10-16-6-4-3-5-7-16)22(30)28(23(31)26-24)27-21(29)17-8-9-19(20(12-17)32-2)33-13-18-14-34-15-25-18/h3-9,12,14-15H,10-11,13H2,1-2H3,(H,26,31)(H,27,29). The Morgan fingerprint density at radius 3 is 2.68 bits per heavy atom. The van der Waals surface area contributed by atoms with Crippen molar-refractivity contribution in [1.82, 2.24) is 20.7 Å². The van der Waals surface area contributed by atoms with Crippen molar-refractivity contribution in [3.8, 4) is 11.5 Å². The molecule has 1 unspecified atom stereocenters. The summed E-state index contributed by atoms with van der Waals surface area (Å²) in [5.74, 6) is -0.361. The van der Waals surface area contributed by atoms with Gasteiger partial charge in [0.05, 0.1) is 18.3 Å². The van der Waals surface area contributed by atoms with Crippen LogP contribution in [-0.4, -0.2) is 40.5 Å². The van der Waals surface area contributed by atoms with Gasteiger partial charge in [-0.1, -0.05) is 30.3 Å². The number of benzene rings is 2. The van der Waals surface area contributed by atoms with Gasteiger partial charge >= 0.3 is 6.03 Å². The molecule has 4 rings (SSSR count). The average Bonchev–Trinajstić information content (AvgIpc) is 3.45. The molecule has 1 aromatic heterocycles. The number of thiazole rings is 1. The molecule has 1 aliphatic rings. The zero-order valence-electron chi connectivity index (χ0n) is 18.7. The molecule has 176 valence electrons. The molecule has 34 heavy (non-hydrogen) atoms. The van der Waals surface area contributed by atoms with E-state index in [1.807, 2.05) is 35.7 Å². The molecule has 10 heteroatoms. The Bertz CT molecular complexity index is 1190. The molecule has 9 nitrogen and oxygen atoms in total. The SMILES string of the molecule is COc1cc(C(=O)NN2C(=O)NC(C)(CCc3ccccc3)C2=O)ccc1OCc1cscn1. The van der Waals surface area contributed by atoms with Crippen molar-refractivity contribution in [3.05, 3.63) is 76.2 Å². The quantitative estimate of drug-likeness (QED) is 0.455. The predicted molar refractivity (Wildman–Crippen MR) is 125 cm³/mol. The summed E-state index contributed by atoms with van der Waals surface area (Å²) in [5, 5.41) is 5.30. The number of carbonyl (C=O) groups is 3. The number of nitrogens with zero attached hydrogens (tertiary/aromatic N) is 2. The number of amides is 4. The smallest absolute Gasteiger partial charge is 0.344 e. The average molecular weight is 481 g/mol. The highest BCUT2D eigenvalue weighted by molar-refractivity contribution is 7.07. The predicted octanol–water partition coefficient (Wildman–Crippen LogP) is 3.32. The summed E-state index contributed by atoms with van der Waals surface area (Å²) in [6.07, 6.45) is 0.998. The summed E-state index contributed by atoms with van der Waals surface area (Å²) >= 11 is 1.47. The second-order valence-electron chi connectivity index (χ2n) is 7.96. The third kappa shape index (κ3) is 5.01. The number of carbonyl (C=O) groups excluding carboxylic acids is 3. The molecule has 2 N–H and O–H groups in total. The minimum atomic E-state index is -1.12. The van der Waals surface area contributed by atoms with E-state index in [2.05, 4.69) is 15.7 Å². The number of ether oxygens (including phenoxy) is 2. The fraction of sp³-hybridized carbons (Fsp3) is 0.250. The molecule has 3 aromatic rings. The number of hydrogen-bond donors (Lipinski definition) is 2. The maximum Gasteiger partial charge on any atom is 0.344 e. The largest absolute Gasteiger partial charge is 0.493 e. The van der Waals surface area contributed by atoms with Crippen molar-refractivity contribution in [2.45, 2.75) is 31.9 Å². The van der Waals surface area contributed by atoms with Gasteiger partial charge in [-0.2, -0.15) is 5.01 Å². The number of methoxy groups -OCH3 is 1. The van der Waals surface area contributed by atoms with Gasteiger partial charge in [-0.3, -0.25) is 15.0 Å². The molecule has 1 fully saturated rings. The van der Waals surface area contributed by atoms with Gasteiger partial charge in [-0.15, -0.1) is 11.3 Å². The van der Waals surface area contributed by atoms with Crippen molar-refractivity contribution >= 4 is 29.2 Å². The van der Waals surface area contributed by atoms with Crippen LogP contribution < -0.4 is 20.2 Å². The lowest BCUT2D eigenvalue weighted by Crippen LogP contribution is -2.48. The van der Waals surface area contributed by atoms with Crippen molar-refractivity contribution < 1.29 is 23.9 Å². The number of hydrogen-bond acceptors (Lipinski definition) is 7. The van der Waals surface area contributed by atoms with Gasteiger partial charge in [0, 0.05) is 10.9 Å². The lowest BCUT2D eigenvalue weighted by molar-refractivity contribution is -0.132. The maximum atomic E-state index is 13.0. The first kappa shape index (κ1) is 23.2. The van der Waals surface area contributed by atoms with E-state index < -0.39 is 23.4 Å². The van der Waals surface area contributed by atoms with Crippen molar-refractivity contribution in [1.29, 1.82) is 0 Å². The highest BCUT2D eigenvalue weighted by Crippen LogP contribution is 2.29. The van der Waals surface area contributed by atoms with Gasteiger partial charge in [0.1, 0.15) is 12.1 Å². The fourth-order valence-corrected chi connectivity index (χ4v) is 4.09. The van der Waals surface area contributed by atoms with E-state index in [0.717, 1.165) is 16.3 Å². The summed E-state index contributed by atoms with van der Waals surface area (Å²) in [7, 11) is 1.46. The first-order chi connectivity index (χ1) is 16.4. The molecular formula is C24H24N4O5S. The van der Waals surface area contributed by atoms with Crippen LogP contribution in [0.1, 0.15) is 35.0 Å². The van der Waals surface area contributed by atoms with E-state index in [0.29, 0.717) is 24.3 Å². The first-order valence-electron chi connectivity index (χ1n) is 10.6. The lowest BCUT2D eigenvalue weighted by atomic mass is 9.93. The van der Waals surface area contributed by atoms with Crippen LogP contribution in [0.25, 0.3) is 0 Å². The Balaban J connectivity index is 1.41. The minimum Gasteiger partial charge on any atom is -0.493 e. The molecule has 1 aliphatic heterocycles. The van der Waals surface area contributed by atoms with Gasteiger partial charge < -0.3 is 14.8 Å². The molecule has 2 aromatic carbocycles. The van der Waals surface area contributed by atoms with Gasteiger partial charge in [-0.05, 0) is 43.5 Å². The molecule has 0 bridgehead atoms. The van der Waals surface area contributed by atoms with Crippen LogP contribution in [0.15, 0.2) is 59.4 Å². The molecule has 0 aliphatic carbocycles. The molecule has 4 amide bonds. The number of nitrogens with one attached hydrogen (secondary N) is 2. The minimum absolute atomic E-state index is 0.205. The Labute approximate surface area is 200 Å². The molecule has 1 atom stereocenters. The summed E-state index contributed by atoms with van der Waals surface area (Å²) in [6, 6.07) is 13.6. The topological polar surface area (TPSA) is 110 Å². The van der Waals surface area contributed by atoms with Gasteiger partial charge in [0.25, 0.3) is 11.8 Å². The van der Waals surface area contributed by atoms with Crippen molar-refractivity contribution in [2.75, 3.05) is 7.11 Å². The Hall–Kier alpha value is -3.92. The number of aromatic nitrogens is 1. The van der Waals surface area contributed by atoms with Crippen LogP contribution in [-0.2, 0) is 17.8 Å². The van der Waals surface area contributed by atoms with Crippen LogP contribution in [0, 0.1) is 0 Å². The summed E-state index contributed by atoms with van der Waals surface area (Å²) in [6.45, 7) is 1.91. The number of aryl methyl sites for hydroxylation is 1. The second-order valence-corrected chi connectivity index (χ2v) is 8.68. The molecular weight excluding hydrogens is 456 g/mol. The van der Waals surface area contributed by atoms with Gasteiger partial charge in [0.15, 0.2) is 11.5 Å². The zero-order chi connectivity index (χ0) is 24.1. The van der Waals surface area contributed by atoms with Crippen LogP contribution >= 0.6 is 11.3 Å². The van der Waals surface area contributed by atoms with E-state index >= 15 is 0 Å². The van der Waals surface area contributed by atoms with Gasteiger partial charge in [0.2, 0.25) is 0 Å². The van der Waals surface area contributed by atoms with Crippen LogP contribution in [0.2, 0.25) is 0 Å². The molecule has 0 saturated carbocycles. The van der Waals surface area contributed by atoms with Crippen LogP contribution in [0.3, 0.4) is 0 Å². The monoisotopic (exact) mass is 480 g/mol. The van der Waals surface area contributed by atoms with E-state index in [1.54, 1.807) is 18.5 Å². The fourth-order valence-electron chi connectivity index (χ4n) is 3.55. The van der Waals surface area contributed by atoms with Crippen molar-refractivity contribution in [3.63, 3.8) is 0 Å². The third-order valence-electron chi connectivity index (χ3n) is 5.52. The van der Waals surface area contributed by atoms with Crippen molar-refractivity contribution in [2.24, 2.45) is 0 Å². The highest BCUT2D eigenvalue weighted by atomic mass is 32.1. The number of urea groups is 1. The first-order valence-corrected chi connectivity index (χ1v) is 11.5. The molecule has 2 heterocycles. The second kappa shape index (κ2) is 9.92.